The van der Waals surface area contributed by atoms with Crippen LogP contribution in [0.25, 0.3) is 10.9 Å². The molecule has 0 amide bonds. The first-order valence-corrected chi connectivity index (χ1v) is 8.82. The lowest BCUT2D eigenvalue weighted by Crippen LogP contribution is -2.46. The zero-order valence-corrected chi connectivity index (χ0v) is 15.0. The summed E-state index contributed by atoms with van der Waals surface area (Å²) in [7, 11) is 1.57. The third-order valence-electron chi connectivity index (χ3n) is 5.08. The SMILES string of the molecule is Cn1c(=O)c([N+](=O)[O-])c(N2CCN(Cc3ccco3)CC2)c2ccccc21. The van der Waals surface area contributed by atoms with Gasteiger partial charge in [-0.15, -0.1) is 0 Å². The second-order valence-corrected chi connectivity index (χ2v) is 6.68. The predicted molar refractivity (Wildman–Crippen MR) is 102 cm³/mol. The third kappa shape index (κ3) is 3.08. The number of hydrogen-bond acceptors (Lipinski definition) is 6. The molecule has 1 aliphatic rings. The van der Waals surface area contributed by atoms with Crippen molar-refractivity contribution in [3.05, 3.63) is 68.9 Å². The maximum absolute atomic E-state index is 12.6. The van der Waals surface area contributed by atoms with Crippen LogP contribution >= 0.6 is 0 Å². The second kappa shape index (κ2) is 6.88. The van der Waals surface area contributed by atoms with E-state index < -0.39 is 10.5 Å². The molecule has 2 aromatic heterocycles. The van der Waals surface area contributed by atoms with Gasteiger partial charge < -0.3 is 13.9 Å². The normalized spacial score (nSPS) is 15.4. The van der Waals surface area contributed by atoms with Crippen LogP contribution in [0.3, 0.4) is 0 Å². The van der Waals surface area contributed by atoms with E-state index in [1.807, 2.05) is 41.3 Å². The van der Waals surface area contributed by atoms with E-state index in [0.717, 1.165) is 24.2 Å². The Kier molecular flexibility index (Phi) is 4.41. The quantitative estimate of drug-likeness (QED) is 0.519. The molecule has 0 atom stereocenters. The predicted octanol–water partition coefficient (Wildman–Crippen LogP) is 2.36. The molecule has 8 nitrogen and oxygen atoms in total. The van der Waals surface area contributed by atoms with Gasteiger partial charge in [-0.05, 0) is 18.2 Å². The topological polar surface area (TPSA) is 84.8 Å². The summed E-state index contributed by atoms with van der Waals surface area (Å²) >= 11 is 0. The van der Waals surface area contributed by atoms with Gasteiger partial charge >= 0.3 is 11.2 Å². The third-order valence-corrected chi connectivity index (χ3v) is 5.08. The maximum Gasteiger partial charge on any atom is 0.357 e. The van der Waals surface area contributed by atoms with Crippen molar-refractivity contribution >= 4 is 22.3 Å². The number of furan rings is 1. The molecule has 0 radical (unpaired) electrons. The summed E-state index contributed by atoms with van der Waals surface area (Å²) < 4.78 is 6.75. The van der Waals surface area contributed by atoms with Crippen LogP contribution in [0.15, 0.2) is 51.9 Å². The van der Waals surface area contributed by atoms with Gasteiger partial charge in [-0.3, -0.25) is 19.8 Å². The Morgan fingerprint density at radius 1 is 1.11 bits per heavy atom. The van der Waals surface area contributed by atoms with Crippen molar-refractivity contribution in [2.24, 2.45) is 7.05 Å². The van der Waals surface area contributed by atoms with E-state index in [1.165, 1.54) is 4.57 Å². The van der Waals surface area contributed by atoms with E-state index >= 15 is 0 Å². The largest absolute Gasteiger partial charge is 0.468 e. The van der Waals surface area contributed by atoms with Crippen molar-refractivity contribution in [3.8, 4) is 0 Å². The maximum atomic E-state index is 12.6. The summed E-state index contributed by atoms with van der Waals surface area (Å²) in [4.78, 5) is 28.0. The van der Waals surface area contributed by atoms with E-state index in [2.05, 4.69) is 4.90 Å². The number of rotatable bonds is 4. The Bertz CT molecular complexity index is 1030. The Labute approximate surface area is 155 Å². The molecule has 0 spiro atoms. The van der Waals surface area contributed by atoms with Crippen LogP contribution in [0, 0.1) is 10.1 Å². The number of anilines is 1. The number of para-hydroxylation sites is 1. The minimum absolute atomic E-state index is 0.351. The van der Waals surface area contributed by atoms with Crippen molar-refractivity contribution in [2.45, 2.75) is 6.54 Å². The molecule has 140 valence electrons. The van der Waals surface area contributed by atoms with E-state index in [4.69, 9.17) is 4.42 Å². The van der Waals surface area contributed by atoms with Gasteiger partial charge in [-0.25, -0.2) is 0 Å². The summed E-state index contributed by atoms with van der Waals surface area (Å²) in [5, 5.41) is 12.4. The van der Waals surface area contributed by atoms with Crippen molar-refractivity contribution in [3.63, 3.8) is 0 Å². The summed E-state index contributed by atoms with van der Waals surface area (Å²) in [6.45, 7) is 3.40. The molecular weight excluding hydrogens is 348 g/mol. The lowest BCUT2D eigenvalue weighted by Gasteiger charge is -2.35. The minimum atomic E-state index is -0.577. The molecule has 3 heterocycles. The lowest BCUT2D eigenvalue weighted by atomic mass is 10.1. The van der Waals surface area contributed by atoms with Gasteiger partial charge in [0.1, 0.15) is 11.4 Å². The Morgan fingerprint density at radius 2 is 1.85 bits per heavy atom. The Balaban J connectivity index is 1.69. The first kappa shape index (κ1) is 17.3. The van der Waals surface area contributed by atoms with Crippen molar-refractivity contribution < 1.29 is 9.34 Å². The molecule has 0 bridgehead atoms. The fraction of sp³-hybridized carbons (Fsp3) is 0.316. The number of nitro groups is 1. The van der Waals surface area contributed by atoms with Gasteiger partial charge in [0.25, 0.3) is 0 Å². The Hall–Kier alpha value is -3.13. The fourth-order valence-electron chi connectivity index (χ4n) is 3.70. The Morgan fingerprint density at radius 3 is 2.52 bits per heavy atom. The smallest absolute Gasteiger partial charge is 0.357 e. The van der Waals surface area contributed by atoms with Crippen LogP contribution in [-0.2, 0) is 13.6 Å². The number of aryl methyl sites for hydroxylation is 1. The van der Waals surface area contributed by atoms with E-state index in [9.17, 15) is 14.9 Å². The highest BCUT2D eigenvalue weighted by Gasteiger charge is 2.30. The zero-order valence-electron chi connectivity index (χ0n) is 15.0. The van der Waals surface area contributed by atoms with E-state index in [1.54, 1.807) is 13.3 Å². The standard InChI is InChI=1S/C19H20N4O4/c1-20-16-7-3-2-6-15(16)17(18(19(20)24)23(25)26)22-10-8-21(9-11-22)13-14-5-4-12-27-14/h2-7,12H,8-11,13H2,1H3. The second-order valence-electron chi connectivity index (χ2n) is 6.68. The number of benzene rings is 1. The molecule has 1 aromatic carbocycles. The summed E-state index contributed by atoms with van der Waals surface area (Å²) in [5.74, 6) is 0.897. The number of piperazine rings is 1. The van der Waals surface area contributed by atoms with Crippen LogP contribution in [0.5, 0.6) is 0 Å². The van der Waals surface area contributed by atoms with Gasteiger partial charge in [-0.2, -0.15) is 0 Å². The van der Waals surface area contributed by atoms with Gasteiger partial charge in [0.2, 0.25) is 0 Å². The zero-order chi connectivity index (χ0) is 19.0. The highest BCUT2D eigenvalue weighted by atomic mass is 16.6. The first-order chi connectivity index (χ1) is 13.1. The van der Waals surface area contributed by atoms with Crippen molar-refractivity contribution in [1.29, 1.82) is 0 Å². The summed E-state index contributed by atoms with van der Waals surface area (Å²) in [6, 6.07) is 11.1. The van der Waals surface area contributed by atoms with Crippen LogP contribution in [0.2, 0.25) is 0 Å². The van der Waals surface area contributed by atoms with E-state index in [0.29, 0.717) is 30.8 Å². The summed E-state index contributed by atoms with van der Waals surface area (Å²) in [6.07, 6.45) is 1.65. The highest BCUT2D eigenvalue weighted by Crippen LogP contribution is 2.33. The number of fused-ring (bicyclic) bond motifs is 1. The molecule has 4 rings (SSSR count). The van der Waals surface area contributed by atoms with Crippen molar-refractivity contribution in [1.82, 2.24) is 9.47 Å². The number of pyridine rings is 1. The molecule has 0 aliphatic carbocycles. The average molecular weight is 368 g/mol. The molecule has 1 fully saturated rings. The monoisotopic (exact) mass is 368 g/mol. The number of hydrogen-bond donors (Lipinski definition) is 0. The molecule has 27 heavy (non-hydrogen) atoms. The van der Waals surface area contributed by atoms with Gasteiger partial charge in [0.15, 0.2) is 0 Å². The van der Waals surface area contributed by atoms with Crippen LogP contribution < -0.4 is 10.5 Å². The fourth-order valence-corrected chi connectivity index (χ4v) is 3.70. The molecular formula is C19H20N4O4. The van der Waals surface area contributed by atoms with Gasteiger partial charge in [0.05, 0.1) is 23.2 Å². The average Bonchev–Trinajstić information content (AvgIpc) is 3.18. The molecule has 0 N–H and O–H groups in total. The number of nitrogens with zero attached hydrogens (tertiary/aromatic N) is 4. The molecule has 8 heteroatoms. The van der Waals surface area contributed by atoms with E-state index in [-0.39, 0.29) is 5.69 Å². The molecule has 0 unspecified atom stereocenters. The van der Waals surface area contributed by atoms with Crippen LogP contribution in [-0.4, -0.2) is 40.6 Å². The lowest BCUT2D eigenvalue weighted by molar-refractivity contribution is -0.385. The molecule has 3 aromatic rings. The van der Waals surface area contributed by atoms with Crippen molar-refractivity contribution in [2.75, 3.05) is 31.1 Å². The first-order valence-electron chi connectivity index (χ1n) is 8.82. The molecule has 1 aliphatic heterocycles. The van der Waals surface area contributed by atoms with Gasteiger partial charge in [0, 0.05) is 38.6 Å². The van der Waals surface area contributed by atoms with Crippen LogP contribution in [0.4, 0.5) is 11.4 Å². The highest BCUT2D eigenvalue weighted by molar-refractivity contribution is 5.96. The number of aromatic nitrogens is 1. The summed E-state index contributed by atoms with van der Waals surface area (Å²) in [5.41, 5.74) is 0.194. The molecule has 0 saturated carbocycles. The van der Waals surface area contributed by atoms with Gasteiger partial charge in [-0.1, -0.05) is 18.2 Å². The minimum Gasteiger partial charge on any atom is -0.468 e. The van der Waals surface area contributed by atoms with Crippen LogP contribution in [0.1, 0.15) is 5.76 Å². The molecule has 1 saturated heterocycles.